The van der Waals surface area contributed by atoms with Crippen LogP contribution < -0.4 is 14.9 Å². The number of aliphatic hydroxyl groups is 7. The van der Waals surface area contributed by atoms with Crippen molar-refractivity contribution in [3.8, 4) is 45.6 Å². The topological polar surface area (TPSA) is 275 Å². The highest BCUT2D eigenvalue weighted by Gasteiger charge is 2.47. The van der Waals surface area contributed by atoms with E-state index in [1.807, 2.05) is 0 Å². The molecule has 3 heterocycles. The first-order valence-electron chi connectivity index (χ1n) is 16.2. The number of carbonyl (C=O) groups excluding carboxylic acids is 1. The maximum Gasteiger partial charge on any atom is 0.330 e. The van der Waals surface area contributed by atoms with Crippen molar-refractivity contribution < 1.29 is 78.9 Å². The molecular formula is C36H36O17. The van der Waals surface area contributed by atoms with E-state index in [1.54, 1.807) is 12.1 Å². The fourth-order valence-electron chi connectivity index (χ4n) is 5.69. The molecule has 0 amide bonds. The van der Waals surface area contributed by atoms with Crippen LogP contribution in [0.2, 0.25) is 0 Å². The quantitative estimate of drug-likeness (QED) is 0.0728. The summed E-state index contributed by atoms with van der Waals surface area (Å²) in [6.45, 7) is -1.32. The minimum atomic E-state index is -1.88. The van der Waals surface area contributed by atoms with Crippen LogP contribution in [0.25, 0.3) is 28.7 Å². The van der Waals surface area contributed by atoms with Crippen LogP contribution in [-0.4, -0.2) is 127 Å². The summed E-state index contributed by atoms with van der Waals surface area (Å²) in [4.78, 5) is 25.2. The number of fused-ring (bicyclic) bond motifs is 1. The van der Waals surface area contributed by atoms with Gasteiger partial charge in [-0.15, -0.1) is 0 Å². The predicted molar refractivity (Wildman–Crippen MR) is 179 cm³/mol. The molecule has 53 heavy (non-hydrogen) atoms. The predicted octanol–water partition coefficient (Wildman–Crippen LogP) is -0.556. The average molecular weight is 741 g/mol. The molecule has 0 aromatic heterocycles. The first kappa shape index (κ1) is 37.7. The molecule has 1 aliphatic carbocycles. The van der Waals surface area contributed by atoms with Crippen LogP contribution in [0.1, 0.15) is 5.56 Å². The lowest BCUT2D eigenvalue weighted by molar-refractivity contribution is -0.278. The third-order valence-corrected chi connectivity index (χ3v) is 8.62. The van der Waals surface area contributed by atoms with Crippen molar-refractivity contribution in [2.75, 3.05) is 13.2 Å². The third kappa shape index (κ3) is 8.28. The molecule has 4 aliphatic rings. The van der Waals surface area contributed by atoms with Gasteiger partial charge in [-0.1, -0.05) is 12.1 Å². The van der Waals surface area contributed by atoms with Crippen LogP contribution in [0.5, 0.6) is 23.0 Å². The SMILES string of the molecule is O=C(/C=C/c1ccc(O)cc1)OC[C@H]1O[C@@H](Oc2cc(=O)cc3oc(-c4ccc(O)cc4)c(O[C@@H]4O[C@H](CO)[C@@H](O)[C@H](O)[C@H]4O)cc2-3)[C@H](O)[C@@H](O)[C@@H]1O. The maximum absolute atomic E-state index is 12.8. The van der Waals surface area contributed by atoms with Crippen molar-refractivity contribution in [1.29, 1.82) is 0 Å². The number of phenols is 2. The Hall–Kier alpha value is -5.08. The number of rotatable bonds is 10. The van der Waals surface area contributed by atoms with Crippen LogP contribution in [0.3, 0.4) is 0 Å². The molecule has 2 fully saturated rings. The van der Waals surface area contributed by atoms with Crippen molar-refractivity contribution in [3.05, 3.63) is 88.6 Å². The second-order valence-electron chi connectivity index (χ2n) is 12.3. The standard InChI is InChI=1S/C36H36O17/c37-14-25-28(42)30(44)32(46)36(52-25)51-24-13-21-22(49-34(24)17-4-8-19(39)9-5-17)11-20(40)12-23(21)50-35-33(47)31(45)29(43)26(53-35)15-48-27(41)10-3-16-1-6-18(38)7-2-16/h1-13,25-26,28-33,35-39,42-47H,14-15H2/b10-3+/t25-,26-,28-,29-,30+,31+,32-,33-,35-,36-/m1/s1. The molecular weight excluding hydrogens is 704 g/mol. The van der Waals surface area contributed by atoms with Gasteiger partial charge in [0.2, 0.25) is 12.6 Å². The molecule has 10 atom stereocenters. The molecule has 3 aliphatic heterocycles. The number of hydrogen-bond donors (Lipinski definition) is 9. The van der Waals surface area contributed by atoms with Crippen molar-refractivity contribution in [1.82, 2.24) is 0 Å². The molecule has 0 unspecified atom stereocenters. The minimum Gasteiger partial charge on any atom is -0.508 e. The highest BCUT2D eigenvalue weighted by atomic mass is 16.7. The number of carbonyl (C=O) groups is 1. The third-order valence-electron chi connectivity index (χ3n) is 8.62. The van der Waals surface area contributed by atoms with Crippen LogP contribution in [0, 0.1) is 0 Å². The Labute approximate surface area is 299 Å². The summed E-state index contributed by atoms with van der Waals surface area (Å²) in [5.74, 6) is -1.48. The van der Waals surface area contributed by atoms with Gasteiger partial charge in [0.25, 0.3) is 0 Å². The summed E-state index contributed by atoms with van der Waals surface area (Å²) in [7, 11) is 0. The number of phenolic OH excluding ortho intramolecular Hbond substituents is 2. The molecule has 0 saturated carbocycles. The summed E-state index contributed by atoms with van der Waals surface area (Å²) in [5, 5.41) is 92.2. The molecule has 2 saturated heterocycles. The summed E-state index contributed by atoms with van der Waals surface area (Å²) in [6, 6.07) is 15.0. The largest absolute Gasteiger partial charge is 0.508 e. The van der Waals surface area contributed by atoms with Crippen LogP contribution in [-0.2, 0) is 19.0 Å². The fourth-order valence-corrected chi connectivity index (χ4v) is 5.69. The zero-order valence-corrected chi connectivity index (χ0v) is 27.5. The van der Waals surface area contributed by atoms with E-state index in [2.05, 4.69) is 0 Å². The van der Waals surface area contributed by atoms with Crippen molar-refractivity contribution in [2.45, 2.75) is 61.4 Å². The lowest BCUT2D eigenvalue weighted by Gasteiger charge is -2.40. The van der Waals surface area contributed by atoms with E-state index in [4.69, 9.17) is 28.1 Å². The van der Waals surface area contributed by atoms with Gasteiger partial charge in [0.15, 0.2) is 16.9 Å². The van der Waals surface area contributed by atoms with Gasteiger partial charge in [-0.05, 0) is 54.1 Å². The Morgan fingerprint density at radius 2 is 1.26 bits per heavy atom. The zero-order valence-electron chi connectivity index (χ0n) is 27.5. The summed E-state index contributed by atoms with van der Waals surface area (Å²) in [6.07, 6.45) is -14.4. The highest BCUT2D eigenvalue weighted by Crippen LogP contribution is 2.43. The second-order valence-corrected chi connectivity index (χ2v) is 12.3. The molecule has 0 bridgehead atoms. The van der Waals surface area contributed by atoms with E-state index < -0.39 is 86.0 Å². The number of esters is 1. The number of benzene rings is 3. The van der Waals surface area contributed by atoms with E-state index in [9.17, 15) is 55.5 Å². The Bertz CT molecular complexity index is 1920. The van der Waals surface area contributed by atoms with Gasteiger partial charge < -0.3 is 74.1 Å². The van der Waals surface area contributed by atoms with E-state index in [1.165, 1.54) is 48.5 Å². The monoisotopic (exact) mass is 740 g/mol. The lowest BCUT2D eigenvalue weighted by atomic mass is 9.99. The van der Waals surface area contributed by atoms with E-state index in [0.29, 0.717) is 11.1 Å². The Morgan fingerprint density at radius 3 is 1.89 bits per heavy atom. The molecule has 6 rings (SSSR count). The Kier molecular flexibility index (Phi) is 11.3. The first-order chi connectivity index (χ1) is 25.3. The van der Waals surface area contributed by atoms with E-state index in [0.717, 1.165) is 18.2 Å². The van der Waals surface area contributed by atoms with Gasteiger partial charge >= 0.3 is 5.97 Å². The molecule has 0 spiro atoms. The first-order valence-corrected chi connectivity index (χ1v) is 16.2. The fraction of sp³-hybridized carbons (Fsp3) is 0.333. The van der Waals surface area contributed by atoms with Gasteiger partial charge in [-0.3, -0.25) is 4.79 Å². The zero-order chi connectivity index (χ0) is 38.0. The Balaban J connectivity index is 1.28. The van der Waals surface area contributed by atoms with Crippen molar-refractivity contribution in [3.63, 3.8) is 0 Å². The molecule has 2 aromatic rings. The summed E-state index contributed by atoms with van der Waals surface area (Å²) < 4.78 is 34.2. The summed E-state index contributed by atoms with van der Waals surface area (Å²) >= 11 is 0. The minimum absolute atomic E-state index is 0.0190. The van der Waals surface area contributed by atoms with Crippen LogP contribution >= 0.6 is 0 Å². The molecule has 2 aromatic carbocycles. The van der Waals surface area contributed by atoms with Crippen molar-refractivity contribution >= 4 is 12.0 Å². The molecule has 17 nitrogen and oxygen atoms in total. The maximum atomic E-state index is 12.8. The lowest BCUT2D eigenvalue weighted by Crippen LogP contribution is -2.60. The van der Waals surface area contributed by atoms with Gasteiger partial charge in [0.05, 0.1) is 12.2 Å². The van der Waals surface area contributed by atoms with Crippen LogP contribution in [0.15, 0.2) is 82.0 Å². The number of aromatic hydroxyl groups is 2. The highest BCUT2D eigenvalue weighted by molar-refractivity contribution is 5.87. The number of ether oxygens (including phenoxy) is 5. The van der Waals surface area contributed by atoms with Gasteiger partial charge in [0.1, 0.15) is 78.4 Å². The Morgan fingerprint density at radius 1 is 0.698 bits per heavy atom. The van der Waals surface area contributed by atoms with Crippen molar-refractivity contribution in [2.24, 2.45) is 0 Å². The smallest absolute Gasteiger partial charge is 0.330 e. The van der Waals surface area contributed by atoms with Gasteiger partial charge in [-0.2, -0.15) is 0 Å². The molecule has 0 radical (unpaired) electrons. The normalized spacial score (nSPS) is 28.9. The molecule has 9 N–H and O–H groups in total. The average Bonchev–Trinajstić information content (AvgIpc) is 3.14. The van der Waals surface area contributed by atoms with Gasteiger partial charge in [0, 0.05) is 23.8 Å². The van der Waals surface area contributed by atoms with E-state index >= 15 is 0 Å². The van der Waals surface area contributed by atoms with Crippen LogP contribution in [0.4, 0.5) is 0 Å². The van der Waals surface area contributed by atoms with E-state index in [-0.39, 0.29) is 40.1 Å². The molecule has 282 valence electrons. The number of hydrogen-bond acceptors (Lipinski definition) is 17. The van der Waals surface area contributed by atoms with Gasteiger partial charge in [-0.25, -0.2) is 4.79 Å². The number of aliphatic hydroxyl groups excluding tert-OH is 7. The summed E-state index contributed by atoms with van der Waals surface area (Å²) in [5.41, 5.74) is 0.275. The molecule has 17 heteroatoms. The second kappa shape index (κ2) is 15.9.